The van der Waals surface area contributed by atoms with Gasteiger partial charge in [-0.25, -0.2) is 0 Å². The summed E-state index contributed by atoms with van der Waals surface area (Å²) in [5.74, 6) is 0. The van der Waals surface area contributed by atoms with Gasteiger partial charge in [-0.3, -0.25) is 4.57 Å². The van der Waals surface area contributed by atoms with E-state index in [-0.39, 0.29) is 12.8 Å². The van der Waals surface area contributed by atoms with E-state index in [1.807, 2.05) is 6.07 Å². The lowest BCUT2D eigenvalue weighted by Crippen LogP contribution is -2.01. The van der Waals surface area contributed by atoms with Crippen LogP contribution in [-0.4, -0.2) is 15.4 Å². The number of rotatable bonds is 4. The van der Waals surface area contributed by atoms with Crippen molar-refractivity contribution in [2.45, 2.75) is 52.1 Å². The van der Waals surface area contributed by atoms with Crippen molar-refractivity contribution in [3.05, 3.63) is 0 Å². The average molecular weight is 221 g/mol. The third kappa shape index (κ3) is 11.6. The Balaban J connectivity index is 0. The second-order valence-electron chi connectivity index (χ2n) is 3.13. The van der Waals surface area contributed by atoms with E-state index in [1.165, 1.54) is 19.8 Å². The van der Waals surface area contributed by atoms with Crippen molar-refractivity contribution in [2.24, 2.45) is 0 Å². The van der Waals surface area contributed by atoms with Gasteiger partial charge < -0.3 is 9.79 Å². The Labute approximate surface area is 86.1 Å². The molecule has 0 spiro atoms. The van der Waals surface area contributed by atoms with Crippen LogP contribution in [0.5, 0.6) is 0 Å². The number of hydrogen-bond donors (Lipinski definition) is 2. The zero-order chi connectivity index (χ0) is 11.6. The number of nitrogens with zero attached hydrogens (tertiary/aromatic N) is 1. The molecule has 84 valence electrons. The van der Waals surface area contributed by atoms with Crippen LogP contribution < -0.4 is 0 Å². The van der Waals surface area contributed by atoms with Crippen molar-refractivity contribution in [2.75, 3.05) is 0 Å². The molecule has 1 atom stereocenters. The molecule has 0 bridgehead atoms. The molecule has 0 saturated carbocycles. The molecule has 5 heteroatoms. The molecular weight excluding hydrogens is 201 g/mol. The molecule has 0 aliphatic carbocycles. The van der Waals surface area contributed by atoms with Crippen LogP contribution in [0, 0.1) is 11.3 Å². The van der Waals surface area contributed by atoms with E-state index in [2.05, 4.69) is 13.8 Å². The van der Waals surface area contributed by atoms with Gasteiger partial charge in [0, 0.05) is 6.42 Å². The van der Waals surface area contributed by atoms with Gasteiger partial charge in [0.1, 0.15) is 0 Å². The van der Waals surface area contributed by atoms with Gasteiger partial charge in [0.05, 0.1) is 11.7 Å². The summed E-state index contributed by atoms with van der Waals surface area (Å²) in [7, 11) is -3.94. The molecule has 0 rings (SSSR count). The van der Waals surface area contributed by atoms with E-state index in [1.54, 1.807) is 0 Å². The fourth-order valence-electron chi connectivity index (χ4n) is 0.442. The predicted octanol–water partition coefficient (Wildman–Crippen LogP) is 2.66. The Kier molecular flexibility index (Phi) is 10.6. The summed E-state index contributed by atoms with van der Waals surface area (Å²) in [6.07, 6.45) is 3.10. The molecule has 0 saturated heterocycles. The highest BCUT2D eigenvalue weighted by Gasteiger charge is 2.22. The topological polar surface area (TPSA) is 81.3 Å². The first kappa shape index (κ1) is 16.1. The summed E-state index contributed by atoms with van der Waals surface area (Å²) in [6.45, 7) is 5.80. The molecule has 1 unspecified atom stereocenters. The second-order valence-corrected chi connectivity index (χ2v) is 5.19. The number of nitriles is 1. The Morgan fingerprint density at radius 1 is 1.36 bits per heavy atom. The van der Waals surface area contributed by atoms with Crippen molar-refractivity contribution < 1.29 is 14.4 Å². The molecule has 0 amide bonds. The van der Waals surface area contributed by atoms with Gasteiger partial charge >= 0.3 is 7.60 Å². The molecule has 0 heterocycles. The lowest BCUT2D eigenvalue weighted by Gasteiger charge is -2.09. The Morgan fingerprint density at radius 2 is 1.79 bits per heavy atom. The van der Waals surface area contributed by atoms with E-state index < -0.39 is 13.3 Å². The smallest absolute Gasteiger partial charge is 0.324 e. The maximum Gasteiger partial charge on any atom is 0.328 e. The lowest BCUT2D eigenvalue weighted by atomic mass is 10.3. The zero-order valence-corrected chi connectivity index (χ0v) is 10.00. The summed E-state index contributed by atoms with van der Waals surface area (Å²) in [4.78, 5) is 17.0. The molecule has 0 fully saturated rings. The Bertz CT molecular complexity index is 205. The van der Waals surface area contributed by atoms with Crippen molar-refractivity contribution in [3.63, 3.8) is 0 Å². The van der Waals surface area contributed by atoms with Gasteiger partial charge in [0.15, 0.2) is 0 Å². The minimum absolute atomic E-state index is 0.201. The van der Waals surface area contributed by atoms with Crippen LogP contribution in [-0.2, 0) is 4.57 Å². The fourth-order valence-corrected chi connectivity index (χ4v) is 0.907. The second kappa shape index (κ2) is 9.21. The summed E-state index contributed by atoms with van der Waals surface area (Å²) in [5, 5.41) is 8.08. The first-order chi connectivity index (χ1) is 6.40. The van der Waals surface area contributed by atoms with Gasteiger partial charge in [-0.1, -0.05) is 33.6 Å². The van der Waals surface area contributed by atoms with E-state index in [0.717, 1.165) is 0 Å². The molecule has 0 aliphatic heterocycles. The molecule has 14 heavy (non-hydrogen) atoms. The highest BCUT2D eigenvalue weighted by atomic mass is 31.2. The van der Waals surface area contributed by atoms with E-state index in [9.17, 15) is 4.57 Å². The van der Waals surface area contributed by atoms with Gasteiger partial charge in [0.25, 0.3) is 0 Å². The van der Waals surface area contributed by atoms with E-state index >= 15 is 0 Å². The third-order valence-electron chi connectivity index (χ3n) is 1.75. The maximum atomic E-state index is 10.4. The minimum Gasteiger partial charge on any atom is -0.324 e. The standard InChI is InChI=1S/C5H10NO3P.C4H10/c1-5(3-2-4-6)10(7,8)9;1-3-4-2/h5H,2-3H2,1H3,(H2,7,8,9);3-4H2,1-2H3. The van der Waals surface area contributed by atoms with Crippen LogP contribution in [0.2, 0.25) is 0 Å². The van der Waals surface area contributed by atoms with Gasteiger partial charge in [-0.2, -0.15) is 5.26 Å². The number of hydrogen-bond acceptors (Lipinski definition) is 2. The van der Waals surface area contributed by atoms with Crippen molar-refractivity contribution >= 4 is 7.60 Å². The molecule has 0 aromatic carbocycles. The molecule has 0 aromatic heterocycles. The van der Waals surface area contributed by atoms with Gasteiger partial charge in [-0.05, 0) is 6.42 Å². The Hall–Kier alpha value is -0.360. The highest BCUT2D eigenvalue weighted by molar-refractivity contribution is 7.52. The zero-order valence-electron chi connectivity index (χ0n) is 9.10. The van der Waals surface area contributed by atoms with Crippen LogP contribution in [0.1, 0.15) is 46.5 Å². The van der Waals surface area contributed by atoms with Crippen LogP contribution in [0.25, 0.3) is 0 Å². The SMILES string of the molecule is CC(CCC#N)P(=O)(O)O.CCCC. The summed E-state index contributed by atoms with van der Waals surface area (Å²) in [6, 6.07) is 1.83. The van der Waals surface area contributed by atoms with E-state index in [0.29, 0.717) is 0 Å². The van der Waals surface area contributed by atoms with Crippen LogP contribution in [0.3, 0.4) is 0 Å². The van der Waals surface area contributed by atoms with E-state index in [4.69, 9.17) is 15.0 Å². The van der Waals surface area contributed by atoms with Crippen LogP contribution in [0.4, 0.5) is 0 Å². The van der Waals surface area contributed by atoms with Crippen molar-refractivity contribution in [3.8, 4) is 6.07 Å². The molecular formula is C9H20NO3P. The molecule has 4 nitrogen and oxygen atoms in total. The van der Waals surface area contributed by atoms with Gasteiger partial charge in [0.2, 0.25) is 0 Å². The van der Waals surface area contributed by atoms with Gasteiger partial charge in [-0.15, -0.1) is 0 Å². The normalized spacial score (nSPS) is 12.3. The fraction of sp³-hybridized carbons (Fsp3) is 0.889. The summed E-state index contributed by atoms with van der Waals surface area (Å²) < 4.78 is 10.4. The predicted molar refractivity (Wildman–Crippen MR) is 56.9 cm³/mol. The lowest BCUT2D eigenvalue weighted by molar-refractivity contribution is 0.358. The quantitative estimate of drug-likeness (QED) is 0.715. The Morgan fingerprint density at radius 3 is 2.00 bits per heavy atom. The van der Waals surface area contributed by atoms with Crippen LogP contribution >= 0.6 is 7.60 Å². The minimum atomic E-state index is -3.94. The summed E-state index contributed by atoms with van der Waals surface area (Å²) >= 11 is 0. The average Bonchev–Trinajstić information content (AvgIpc) is 2.13. The number of unbranched alkanes of at least 4 members (excludes halogenated alkanes) is 1. The molecule has 0 radical (unpaired) electrons. The molecule has 0 aromatic rings. The molecule has 0 aliphatic rings. The first-order valence-corrected chi connectivity index (χ1v) is 6.50. The third-order valence-corrected chi connectivity index (χ3v) is 3.15. The summed E-state index contributed by atoms with van der Waals surface area (Å²) in [5.41, 5.74) is -0.688. The first-order valence-electron chi connectivity index (χ1n) is 4.82. The van der Waals surface area contributed by atoms with Crippen molar-refractivity contribution in [1.29, 1.82) is 5.26 Å². The largest absolute Gasteiger partial charge is 0.328 e. The monoisotopic (exact) mass is 221 g/mol. The highest BCUT2D eigenvalue weighted by Crippen LogP contribution is 2.42. The maximum absolute atomic E-state index is 10.4. The molecule has 2 N–H and O–H groups in total. The van der Waals surface area contributed by atoms with Crippen molar-refractivity contribution in [1.82, 2.24) is 0 Å². The van der Waals surface area contributed by atoms with Crippen LogP contribution in [0.15, 0.2) is 0 Å².